The first-order valence-electron chi connectivity index (χ1n) is 6.50. The number of anilines is 1. The first-order chi connectivity index (χ1) is 9.04. The Hall–Kier alpha value is -1.20. The van der Waals surface area contributed by atoms with Gasteiger partial charge in [-0.25, -0.2) is 0 Å². The molecule has 5 heteroatoms. The predicted octanol–water partition coefficient (Wildman–Crippen LogP) is 1.63. The topological polar surface area (TPSA) is 72.2 Å². The van der Waals surface area contributed by atoms with E-state index in [1.165, 1.54) is 0 Å². The van der Waals surface area contributed by atoms with Gasteiger partial charge >= 0.3 is 0 Å². The summed E-state index contributed by atoms with van der Waals surface area (Å²) in [7, 11) is -0.873. The van der Waals surface area contributed by atoms with Crippen LogP contribution in [0.1, 0.15) is 24.8 Å². The predicted molar refractivity (Wildman–Crippen MR) is 78.2 cm³/mol. The summed E-state index contributed by atoms with van der Waals surface area (Å²) in [4.78, 5) is 12.1. The van der Waals surface area contributed by atoms with Crippen molar-refractivity contribution in [2.24, 2.45) is 11.7 Å². The highest BCUT2D eigenvalue weighted by molar-refractivity contribution is 7.83. The molecule has 19 heavy (non-hydrogen) atoms. The van der Waals surface area contributed by atoms with E-state index in [9.17, 15) is 9.00 Å². The third-order valence-electron chi connectivity index (χ3n) is 3.41. The van der Waals surface area contributed by atoms with E-state index < -0.39 is 10.8 Å². The summed E-state index contributed by atoms with van der Waals surface area (Å²) in [5.74, 6) is 0.583. The fraction of sp³-hybridized carbons (Fsp3) is 0.500. The molecule has 4 nitrogen and oxygen atoms in total. The zero-order chi connectivity index (χ0) is 13.8. The molecule has 0 aromatic heterocycles. The average Bonchev–Trinajstić information content (AvgIpc) is 2.75. The molecule has 0 radical (unpaired) electrons. The van der Waals surface area contributed by atoms with Crippen LogP contribution in [0.2, 0.25) is 0 Å². The Morgan fingerprint density at radius 1 is 1.47 bits per heavy atom. The lowest BCUT2D eigenvalue weighted by Gasteiger charge is -2.11. The number of carbonyl (C=O) groups is 1. The SMILES string of the molecule is CS(=O)Cc1cccc(NC(=O)C2CCC(N)C2)c1. The molecule has 3 atom stereocenters. The first-order valence-corrected chi connectivity index (χ1v) is 8.22. The fourth-order valence-electron chi connectivity index (χ4n) is 2.47. The Morgan fingerprint density at radius 2 is 2.26 bits per heavy atom. The van der Waals surface area contributed by atoms with Crippen LogP contribution in [-0.2, 0) is 21.3 Å². The molecule has 0 aliphatic heterocycles. The number of benzene rings is 1. The van der Waals surface area contributed by atoms with Gasteiger partial charge in [0.15, 0.2) is 0 Å². The van der Waals surface area contributed by atoms with Crippen molar-refractivity contribution in [1.29, 1.82) is 0 Å². The molecule has 0 saturated heterocycles. The van der Waals surface area contributed by atoms with Crippen molar-refractivity contribution >= 4 is 22.4 Å². The number of nitrogens with one attached hydrogen (secondary N) is 1. The highest BCUT2D eigenvalue weighted by Gasteiger charge is 2.27. The Morgan fingerprint density at radius 3 is 2.89 bits per heavy atom. The molecule has 2 rings (SSSR count). The lowest BCUT2D eigenvalue weighted by Crippen LogP contribution is -2.23. The summed E-state index contributed by atoms with van der Waals surface area (Å²) in [5, 5.41) is 2.92. The third kappa shape index (κ3) is 4.14. The molecule has 0 heterocycles. The van der Waals surface area contributed by atoms with Crippen molar-refractivity contribution in [2.75, 3.05) is 11.6 Å². The molecule has 1 saturated carbocycles. The molecule has 3 N–H and O–H groups in total. The van der Waals surface area contributed by atoms with Crippen molar-refractivity contribution < 1.29 is 9.00 Å². The number of hydrogen-bond acceptors (Lipinski definition) is 3. The molecule has 1 aliphatic carbocycles. The minimum absolute atomic E-state index is 0.0268. The number of amides is 1. The Labute approximate surface area is 116 Å². The van der Waals surface area contributed by atoms with Crippen LogP contribution in [0.25, 0.3) is 0 Å². The van der Waals surface area contributed by atoms with Crippen LogP contribution in [-0.4, -0.2) is 22.4 Å². The van der Waals surface area contributed by atoms with Crippen LogP contribution in [0.3, 0.4) is 0 Å². The minimum Gasteiger partial charge on any atom is -0.328 e. The number of nitrogens with two attached hydrogens (primary N) is 1. The zero-order valence-electron chi connectivity index (χ0n) is 11.1. The van der Waals surface area contributed by atoms with Gasteiger partial charge in [-0.3, -0.25) is 9.00 Å². The maximum atomic E-state index is 12.1. The Bertz CT molecular complexity index is 490. The summed E-state index contributed by atoms with van der Waals surface area (Å²) in [5.41, 5.74) is 7.57. The summed E-state index contributed by atoms with van der Waals surface area (Å²) < 4.78 is 11.2. The van der Waals surface area contributed by atoms with Gasteiger partial charge in [-0.1, -0.05) is 12.1 Å². The van der Waals surface area contributed by atoms with E-state index in [2.05, 4.69) is 5.32 Å². The van der Waals surface area contributed by atoms with E-state index in [0.29, 0.717) is 5.75 Å². The number of hydrogen-bond donors (Lipinski definition) is 2. The molecule has 1 aromatic rings. The minimum atomic E-state index is -0.873. The molecule has 1 aliphatic rings. The van der Waals surface area contributed by atoms with Gasteiger partial charge in [0.25, 0.3) is 0 Å². The van der Waals surface area contributed by atoms with Crippen LogP contribution in [0.15, 0.2) is 24.3 Å². The van der Waals surface area contributed by atoms with E-state index in [1.807, 2.05) is 24.3 Å². The third-order valence-corrected chi connectivity index (χ3v) is 4.15. The van der Waals surface area contributed by atoms with E-state index >= 15 is 0 Å². The second-order valence-electron chi connectivity index (χ2n) is 5.18. The van der Waals surface area contributed by atoms with Crippen molar-refractivity contribution in [2.45, 2.75) is 31.1 Å². The number of rotatable bonds is 4. The highest BCUT2D eigenvalue weighted by Crippen LogP contribution is 2.25. The first kappa shape index (κ1) is 14.2. The molecule has 0 bridgehead atoms. The lowest BCUT2D eigenvalue weighted by molar-refractivity contribution is -0.119. The molecule has 1 fully saturated rings. The van der Waals surface area contributed by atoms with Crippen LogP contribution < -0.4 is 11.1 Å². The quantitative estimate of drug-likeness (QED) is 0.880. The molecular weight excluding hydrogens is 260 g/mol. The van der Waals surface area contributed by atoms with Gasteiger partial charge in [-0.05, 0) is 37.0 Å². The van der Waals surface area contributed by atoms with E-state index in [0.717, 1.165) is 30.5 Å². The molecule has 0 spiro atoms. The summed E-state index contributed by atoms with van der Waals surface area (Å²) >= 11 is 0. The second kappa shape index (κ2) is 6.30. The van der Waals surface area contributed by atoms with E-state index in [4.69, 9.17) is 5.73 Å². The second-order valence-corrected chi connectivity index (χ2v) is 6.61. The monoisotopic (exact) mass is 280 g/mol. The van der Waals surface area contributed by atoms with Gasteiger partial charge in [0.05, 0.1) is 0 Å². The van der Waals surface area contributed by atoms with Crippen LogP contribution in [0.4, 0.5) is 5.69 Å². The van der Waals surface area contributed by atoms with Gasteiger partial charge in [0.2, 0.25) is 5.91 Å². The Kier molecular flexibility index (Phi) is 4.71. The van der Waals surface area contributed by atoms with Crippen LogP contribution in [0, 0.1) is 5.92 Å². The van der Waals surface area contributed by atoms with Gasteiger partial charge < -0.3 is 11.1 Å². The van der Waals surface area contributed by atoms with Crippen molar-refractivity contribution in [3.63, 3.8) is 0 Å². The fourth-order valence-corrected chi connectivity index (χ4v) is 3.12. The standard InChI is InChI=1S/C14H20N2O2S/c1-19(18)9-10-3-2-4-13(7-10)16-14(17)11-5-6-12(15)8-11/h2-4,7,11-12H,5-6,8-9,15H2,1H3,(H,16,17). The lowest BCUT2D eigenvalue weighted by atomic mass is 10.1. The van der Waals surface area contributed by atoms with Crippen molar-refractivity contribution in [3.05, 3.63) is 29.8 Å². The number of carbonyl (C=O) groups excluding carboxylic acids is 1. The molecule has 1 aromatic carbocycles. The maximum Gasteiger partial charge on any atom is 0.227 e. The smallest absolute Gasteiger partial charge is 0.227 e. The van der Waals surface area contributed by atoms with Crippen LogP contribution in [0.5, 0.6) is 0 Å². The molecule has 3 unspecified atom stereocenters. The largest absolute Gasteiger partial charge is 0.328 e. The van der Waals surface area contributed by atoms with Crippen LogP contribution >= 0.6 is 0 Å². The van der Waals surface area contributed by atoms with Crippen molar-refractivity contribution in [3.8, 4) is 0 Å². The molecule has 1 amide bonds. The van der Waals surface area contributed by atoms with Gasteiger partial charge in [0.1, 0.15) is 0 Å². The van der Waals surface area contributed by atoms with Crippen molar-refractivity contribution in [1.82, 2.24) is 0 Å². The zero-order valence-corrected chi connectivity index (χ0v) is 11.9. The van der Waals surface area contributed by atoms with E-state index in [1.54, 1.807) is 6.26 Å². The average molecular weight is 280 g/mol. The molecule has 104 valence electrons. The normalized spacial score (nSPS) is 24.1. The summed E-state index contributed by atoms with van der Waals surface area (Å²) in [6, 6.07) is 7.69. The van der Waals surface area contributed by atoms with E-state index in [-0.39, 0.29) is 17.9 Å². The summed E-state index contributed by atoms with van der Waals surface area (Å²) in [6.45, 7) is 0. The maximum absolute atomic E-state index is 12.1. The molecular formula is C14H20N2O2S. The highest BCUT2D eigenvalue weighted by atomic mass is 32.2. The Balaban J connectivity index is 1.98. The van der Waals surface area contributed by atoms with Gasteiger partial charge in [-0.15, -0.1) is 0 Å². The summed E-state index contributed by atoms with van der Waals surface area (Å²) in [6.07, 6.45) is 4.23. The van der Waals surface area contributed by atoms with Gasteiger partial charge in [0, 0.05) is 40.5 Å². The van der Waals surface area contributed by atoms with Gasteiger partial charge in [-0.2, -0.15) is 0 Å².